The van der Waals surface area contributed by atoms with Crippen LogP contribution in [0.15, 0.2) is 18.5 Å². The lowest BCUT2D eigenvalue weighted by Gasteiger charge is -2.37. The Morgan fingerprint density at radius 1 is 1.19 bits per heavy atom. The SMILES string of the molecule is O=C(C1CCCN(c2ccncc2Cl)C1)N1CCCCC1. The van der Waals surface area contributed by atoms with Crippen molar-refractivity contribution in [2.75, 3.05) is 31.1 Å². The van der Waals surface area contributed by atoms with E-state index in [9.17, 15) is 4.79 Å². The van der Waals surface area contributed by atoms with Crippen molar-refractivity contribution in [3.05, 3.63) is 23.5 Å². The molecule has 114 valence electrons. The standard InChI is InChI=1S/C16H22ClN3O/c17-14-11-18-7-6-15(14)20-10-4-5-13(12-20)16(21)19-8-2-1-3-9-19/h6-7,11,13H,1-5,8-10,12H2. The smallest absolute Gasteiger partial charge is 0.227 e. The van der Waals surface area contributed by atoms with E-state index >= 15 is 0 Å². The molecule has 1 atom stereocenters. The molecule has 1 aromatic rings. The summed E-state index contributed by atoms with van der Waals surface area (Å²) >= 11 is 6.23. The molecule has 0 saturated carbocycles. The van der Waals surface area contributed by atoms with E-state index in [1.54, 1.807) is 12.4 Å². The molecule has 0 radical (unpaired) electrons. The lowest BCUT2D eigenvalue weighted by molar-refractivity contribution is -0.136. The van der Waals surface area contributed by atoms with Crippen LogP contribution in [0.1, 0.15) is 32.1 Å². The molecular weight excluding hydrogens is 286 g/mol. The second kappa shape index (κ2) is 6.65. The van der Waals surface area contributed by atoms with E-state index in [4.69, 9.17) is 11.6 Å². The Labute approximate surface area is 131 Å². The molecule has 1 aromatic heterocycles. The average molecular weight is 308 g/mol. The number of carbonyl (C=O) groups is 1. The number of hydrogen-bond donors (Lipinski definition) is 0. The third kappa shape index (κ3) is 3.31. The first-order chi connectivity index (χ1) is 10.3. The number of anilines is 1. The van der Waals surface area contributed by atoms with Crippen molar-refractivity contribution in [1.29, 1.82) is 0 Å². The minimum Gasteiger partial charge on any atom is -0.369 e. The molecule has 3 rings (SSSR count). The Hall–Kier alpha value is -1.29. The first-order valence-electron chi connectivity index (χ1n) is 7.89. The van der Waals surface area contributed by atoms with E-state index in [1.165, 1.54) is 6.42 Å². The Balaban J connectivity index is 1.68. The van der Waals surface area contributed by atoms with Gasteiger partial charge in [-0.2, -0.15) is 0 Å². The first kappa shape index (κ1) is 14.6. The van der Waals surface area contributed by atoms with Crippen LogP contribution >= 0.6 is 11.6 Å². The molecule has 1 unspecified atom stereocenters. The molecule has 4 nitrogen and oxygen atoms in total. The summed E-state index contributed by atoms with van der Waals surface area (Å²) in [5, 5.41) is 0.670. The first-order valence-corrected chi connectivity index (χ1v) is 8.27. The van der Waals surface area contributed by atoms with Crippen LogP contribution in [0, 0.1) is 5.92 Å². The molecule has 1 amide bonds. The van der Waals surface area contributed by atoms with Crippen LogP contribution in [0.4, 0.5) is 5.69 Å². The predicted molar refractivity (Wildman–Crippen MR) is 84.6 cm³/mol. The Kier molecular flexibility index (Phi) is 4.63. The van der Waals surface area contributed by atoms with Crippen molar-refractivity contribution in [3.8, 4) is 0 Å². The summed E-state index contributed by atoms with van der Waals surface area (Å²) < 4.78 is 0. The third-order valence-corrected chi connectivity index (χ3v) is 4.82. The van der Waals surface area contributed by atoms with Gasteiger partial charge in [-0.05, 0) is 38.2 Å². The van der Waals surface area contributed by atoms with Gasteiger partial charge in [-0.25, -0.2) is 0 Å². The third-order valence-electron chi connectivity index (χ3n) is 4.53. The van der Waals surface area contributed by atoms with Gasteiger partial charge in [-0.1, -0.05) is 11.6 Å². The number of nitrogens with zero attached hydrogens (tertiary/aromatic N) is 3. The van der Waals surface area contributed by atoms with Crippen molar-refractivity contribution < 1.29 is 4.79 Å². The summed E-state index contributed by atoms with van der Waals surface area (Å²) in [6.45, 7) is 3.61. The van der Waals surface area contributed by atoms with E-state index in [1.807, 2.05) is 6.07 Å². The molecule has 0 aromatic carbocycles. The van der Waals surface area contributed by atoms with Gasteiger partial charge < -0.3 is 9.80 Å². The highest BCUT2D eigenvalue weighted by atomic mass is 35.5. The quantitative estimate of drug-likeness (QED) is 0.843. The van der Waals surface area contributed by atoms with Crippen LogP contribution in [0.3, 0.4) is 0 Å². The number of aromatic nitrogens is 1. The molecule has 2 aliphatic heterocycles. The molecule has 2 aliphatic rings. The van der Waals surface area contributed by atoms with Gasteiger partial charge in [-0.3, -0.25) is 9.78 Å². The normalized spacial score (nSPS) is 23.2. The van der Waals surface area contributed by atoms with Gasteiger partial charge in [-0.15, -0.1) is 0 Å². The number of piperidine rings is 2. The zero-order chi connectivity index (χ0) is 14.7. The minimum atomic E-state index is 0.112. The zero-order valence-electron chi connectivity index (χ0n) is 12.3. The second-order valence-corrected chi connectivity index (χ2v) is 6.41. The summed E-state index contributed by atoms with van der Waals surface area (Å²) in [6.07, 6.45) is 9.03. The highest BCUT2D eigenvalue weighted by molar-refractivity contribution is 6.33. The van der Waals surface area contributed by atoms with Gasteiger partial charge in [0.1, 0.15) is 0 Å². The van der Waals surface area contributed by atoms with Crippen LogP contribution in [0.5, 0.6) is 0 Å². The minimum absolute atomic E-state index is 0.112. The molecule has 2 fully saturated rings. The maximum atomic E-state index is 12.7. The molecule has 21 heavy (non-hydrogen) atoms. The van der Waals surface area contributed by atoms with E-state index in [0.717, 1.165) is 57.5 Å². The van der Waals surface area contributed by atoms with Crippen LogP contribution in [0.25, 0.3) is 0 Å². The second-order valence-electron chi connectivity index (χ2n) is 6.00. The summed E-state index contributed by atoms with van der Waals surface area (Å²) in [5.74, 6) is 0.450. The maximum absolute atomic E-state index is 12.7. The predicted octanol–water partition coefficient (Wildman–Crippen LogP) is 2.96. The number of likely N-dealkylation sites (tertiary alicyclic amines) is 1. The van der Waals surface area contributed by atoms with Crippen molar-refractivity contribution in [2.24, 2.45) is 5.92 Å². The van der Waals surface area contributed by atoms with E-state index in [-0.39, 0.29) is 5.92 Å². The van der Waals surface area contributed by atoms with Gasteiger partial charge in [0.15, 0.2) is 0 Å². The highest BCUT2D eigenvalue weighted by Gasteiger charge is 2.30. The molecule has 0 aliphatic carbocycles. The van der Waals surface area contributed by atoms with Crippen molar-refractivity contribution in [3.63, 3.8) is 0 Å². The van der Waals surface area contributed by atoms with Gasteiger partial charge in [0.2, 0.25) is 5.91 Å². The fourth-order valence-corrected chi connectivity index (χ4v) is 3.63. The Morgan fingerprint density at radius 2 is 2.00 bits per heavy atom. The molecule has 3 heterocycles. The van der Waals surface area contributed by atoms with Crippen molar-refractivity contribution in [2.45, 2.75) is 32.1 Å². The number of amides is 1. The largest absolute Gasteiger partial charge is 0.369 e. The number of rotatable bonds is 2. The van der Waals surface area contributed by atoms with E-state index in [2.05, 4.69) is 14.8 Å². The summed E-state index contributed by atoms with van der Waals surface area (Å²) in [5.41, 5.74) is 1.00. The number of pyridine rings is 1. The lowest BCUT2D eigenvalue weighted by atomic mass is 9.95. The molecule has 0 N–H and O–H groups in total. The molecule has 0 bridgehead atoms. The topological polar surface area (TPSA) is 36.4 Å². The van der Waals surface area contributed by atoms with Gasteiger partial charge >= 0.3 is 0 Å². The molecular formula is C16H22ClN3O. The van der Waals surface area contributed by atoms with Crippen molar-refractivity contribution in [1.82, 2.24) is 9.88 Å². The number of hydrogen-bond acceptors (Lipinski definition) is 3. The molecule has 0 spiro atoms. The summed E-state index contributed by atoms with van der Waals surface area (Å²) in [7, 11) is 0. The van der Waals surface area contributed by atoms with E-state index in [0.29, 0.717) is 10.9 Å². The van der Waals surface area contributed by atoms with Crippen LogP contribution in [0.2, 0.25) is 5.02 Å². The summed E-state index contributed by atoms with van der Waals surface area (Å²) in [4.78, 5) is 21.0. The van der Waals surface area contributed by atoms with Gasteiger partial charge in [0, 0.05) is 38.6 Å². The maximum Gasteiger partial charge on any atom is 0.227 e. The van der Waals surface area contributed by atoms with Crippen LogP contribution < -0.4 is 4.90 Å². The summed E-state index contributed by atoms with van der Waals surface area (Å²) in [6, 6.07) is 1.94. The van der Waals surface area contributed by atoms with Crippen LogP contribution in [-0.2, 0) is 4.79 Å². The van der Waals surface area contributed by atoms with E-state index < -0.39 is 0 Å². The average Bonchev–Trinajstić information content (AvgIpc) is 2.55. The number of halogens is 1. The Bertz CT molecular complexity index is 502. The molecule has 2 saturated heterocycles. The highest BCUT2D eigenvalue weighted by Crippen LogP contribution is 2.29. The fraction of sp³-hybridized carbons (Fsp3) is 0.625. The number of carbonyl (C=O) groups excluding carboxylic acids is 1. The van der Waals surface area contributed by atoms with Gasteiger partial charge in [0.05, 0.1) is 16.6 Å². The fourth-order valence-electron chi connectivity index (χ4n) is 3.39. The lowest BCUT2D eigenvalue weighted by Crippen LogP contribution is -2.46. The molecule has 5 heteroatoms. The zero-order valence-corrected chi connectivity index (χ0v) is 13.1. The van der Waals surface area contributed by atoms with Crippen LogP contribution in [-0.4, -0.2) is 42.0 Å². The van der Waals surface area contributed by atoms with Crippen molar-refractivity contribution >= 4 is 23.2 Å². The van der Waals surface area contributed by atoms with Gasteiger partial charge in [0.25, 0.3) is 0 Å². The Morgan fingerprint density at radius 3 is 2.76 bits per heavy atom. The monoisotopic (exact) mass is 307 g/mol.